The van der Waals surface area contributed by atoms with Gasteiger partial charge in [0.15, 0.2) is 11.4 Å². The van der Waals surface area contributed by atoms with Gasteiger partial charge in [-0.1, -0.05) is 43.0 Å². The van der Waals surface area contributed by atoms with Crippen LogP contribution in [0.15, 0.2) is 61.4 Å². The molecule has 0 heterocycles. The van der Waals surface area contributed by atoms with Gasteiger partial charge in [-0.2, -0.15) is 0 Å². The van der Waals surface area contributed by atoms with Crippen LogP contribution in [-0.2, 0) is 0 Å². The highest BCUT2D eigenvalue weighted by Gasteiger charge is 2.29. The molecule has 0 saturated carbocycles. The lowest BCUT2D eigenvalue weighted by Crippen LogP contribution is -2.54. The molecule has 0 aliphatic heterocycles. The fraction of sp³-hybridized carbons (Fsp3) is 0.286. The van der Waals surface area contributed by atoms with Crippen LogP contribution in [0.5, 0.6) is 0 Å². The lowest BCUT2D eigenvalue weighted by molar-refractivity contribution is 0.0550. The maximum absolute atomic E-state index is 9.69. The molecule has 2 aliphatic rings. The molecule has 6 nitrogen and oxygen atoms in total. The Hall–Kier alpha value is -1.70. The monoisotopic (exact) mass is 278 g/mol. The van der Waals surface area contributed by atoms with Crippen molar-refractivity contribution in [2.75, 3.05) is 0 Å². The van der Waals surface area contributed by atoms with Crippen molar-refractivity contribution < 1.29 is 10.2 Å². The smallest absolute Gasteiger partial charge is 0.173 e. The molecule has 6 heteroatoms. The average Bonchev–Trinajstić information content (AvgIpc) is 2.38. The molecule has 0 saturated heterocycles. The number of nitrogens with one attached hydrogen (secondary N) is 1. The molecule has 0 radical (unpaired) electrons. The zero-order valence-electron chi connectivity index (χ0n) is 11.2. The van der Waals surface area contributed by atoms with Crippen molar-refractivity contribution in [3.63, 3.8) is 0 Å². The van der Waals surface area contributed by atoms with Crippen LogP contribution in [0.3, 0.4) is 0 Å². The first-order valence-electron chi connectivity index (χ1n) is 6.17. The highest BCUT2D eigenvalue weighted by atomic mass is 16.3. The molecule has 2 aliphatic carbocycles. The van der Waals surface area contributed by atoms with E-state index in [-0.39, 0.29) is 0 Å². The molecular weight excluding hydrogens is 256 g/mol. The topological polar surface area (TPSA) is 131 Å². The summed E-state index contributed by atoms with van der Waals surface area (Å²) in [7, 11) is 0. The Bertz CT molecular complexity index is 454. The zero-order chi connectivity index (χ0) is 15.2. The molecule has 0 aromatic carbocycles. The standard InChI is InChI=1S/C8H12N2O.C6H10N2O/c1-2-10-8(11)6-4-3-5-7(8)9;7-5-3-1-2-4-6(5,8)9/h2-7,10-11H,1,9H2;1-5,9H,7-8H2. The fourth-order valence-corrected chi connectivity index (χ4v) is 1.61. The summed E-state index contributed by atoms with van der Waals surface area (Å²) in [5.74, 6) is 0. The molecule has 2 rings (SSSR count). The van der Waals surface area contributed by atoms with Crippen LogP contribution in [0.25, 0.3) is 0 Å². The van der Waals surface area contributed by atoms with Crippen molar-refractivity contribution in [1.29, 1.82) is 0 Å². The van der Waals surface area contributed by atoms with E-state index in [4.69, 9.17) is 22.3 Å². The SMILES string of the molecule is C=CNC1(O)C=CC=CC1N.NC1C=CC=CC1(N)O. The number of hydrogen-bond donors (Lipinski definition) is 6. The van der Waals surface area contributed by atoms with Crippen LogP contribution in [0.2, 0.25) is 0 Å². The largest absolute Gasteiger partial charge is 0.370 e. The van der Waals surface area contributed by atoms with E-state index in [1.54, 1.807) is 42.5 Å². The van der Waals surface area contributed by atoms with Crippen molar-refractivity contribution in [1.82, 2.24) is 5.32 Å². The van der Waals surface area contributed by atoms with Crippen molar-refractivity contribution in [2.45, 2.75) is 23.5 Å². The average molecular weight is 278 g/mol. The second-order valence-corrected chi connectivity index (χ2v) is 4.60. The first-order chi connectivity index (χ1) is 9.32. The van der Waals surface area contributed by atoms with E-state index in [9.17, 15) is 5.11 Å². The van der Waals surface area contributed by atoms with Crippen LogP contribution in [0.1, 0.15) is 0 Å². The van der Waals surface area contributed by atoms with Gasteiger partial charge in [-0.3, -0.25) is 5.73 Å². The number of nitrogens with two attached hydrogens (primary N) is 3. The van der Waals surface area contributed by atoms with Gasteiger partial charge >= 0.3 is 0 Å². The molecule has 4 unspecified atom stereocenters. The van der Waals surface area contributed by atoms with Gasteiger partial charge < -0.3 is 27.0 Å². The van der Waals surface area contributed by atoms with Crippen molar-refractivity contribution in [2.24, 2.45) is 17.2 Å². The number of rotatable bonds is 2. The summed E-state index contributed by atoms with van der Waals surface area (Å²) in [5, 5.41) is 21.5. The number of allylic oxidation sites excluding steroid dienone is 4. The van der Waals surface area contributed by atoms with Crippen LogP contribution in [0, 0.1) is 0 Å². The summed E-state index contributed by atoms with van der Waals surface area (Å²) in [6, 6.07) is -0.909. The highest BCUT2D eigenvalue weighted by molar-refractivity contribution is 5.23. The molecule has 9 N–H and O–H groups in total. The van der Waals surface area contributed by atoms with Gasteiger partial charge in [-0.05, 0) is 18.4 Å². The third kappa shape index (κ3) is 4.16. The van der Waals surface area contributed by atoms with Crippen molar-refractivity contribution in [3.05, 3.63) is 61.4 Å². The van der Waals surface area contributed by atoms with Crippen molar-refractivity contribution in [3.8, 4) is 0 Å². The molecule has 0 fully saturated rings. The van der Waals surface area contributed by atoms with E-state index < -0.39 is 23.5 Å². The minimum absolute atomic E-state index is 0.425. The normalized spacial score (nSPS) is 38.0. The van der Waals surface area contributed by atoms with Gasteiger partial charge in [0.1, 0.15) is 0 Å². The molecule has 0 bridgehead atoms. The Morgan fingerprint density at radius 2 is 1.55 bits per heavy atom. The van der Waals surface area contributed by atoms with Gasteiger partial charge in [0.2, 0.25) is 0 Å². The minimum Gasteiger partial charge on any atom is -0.370 e. The van der Waals surface area contributed by atoms with E-state index in [0.717, 1.165) is 0 Å². The third-order valence-corrected chi connectivity index (χ3v) is 2.95. The van der Waals surface area contributed by atoms with Crippen molar-refractivity contribution >= 4 is 0 Å². The van der Waals surface area contributed by atoms with Crippen LogP contribution in [-0.4, -0.2) is 33.7 Å². The summed E-state index contributed by atoms with van der Waals surface area (Å²) >= 11 is 0. The Morgan fingerprint density at radius 3 is 1.95 bits per heavy atom. The summed E-state index contributed by atoms with van der Waals surface area (Å²) in [6.45, 7) is 3.45. The van der Waals surface area contributed by atoms with E-state index in [1.165, 1.54) is 12.3 Å². The Balaban J connectivity index is 0.000000204. The summed E-state index contributed by atoms with van der Waals surface area (Å²) in [4.78, 5) is 0. The van der Waals surface area contributed by atoms with Crippen LogP contribution >= 0.6 is 0 Å². The highest BCUT2D eigenvalue weighted by Crippen LogP contribution is 2.12. The van der Waals surface area contributed by atoms with E-state index >= 15 is 0 Å². The Labute approximate surface area is 118 Å². The van der Waals surface area contributed by atoms with Gasteiger partial charge in [-0.15, -0.1) is 0 Å². The third-order valence-electron chi connectivity index (χ3n) is 2.95. The van der Waals surface area contributed by atoms with Gasteiger partial charge in [-0.25, -0.2) is 0 Å². The summed E-state index contributed by atoms with van der Waals surface area (Å²) in [6.07, 6.45) is 14.8. The van der Waals surface area contributed by atoms with E-state index in [1.807, 2.05) is 0 Å². The van der Waals surface area contributed by atoms with Gasteiger partial charge in [0, 0.05) is 0 Å². The molecule has 110 valence electrons. The minimum atomic E-state index is -1.35. The zero-order valence-corrected chi connectivity index (χ0v) is 11.2. The second kappa shape index (κ2) is 6.65. The first kappa shape index (κ1) is 16.4. The Morgan fingerprint density at radius 1 is 1.00 bits per heavy atom. The quantitative estimate of drug-likeness (QED) is 0.357. The Kier molecular flexibility index (Phi) is 5.43. The first-order valence-corrected chi connectivity index (χ1v) is 6.17. The summed E-state index contributed by atoms with van der Waals surface area (Å²) in [5.41, 5.74) is 13.8. The predicted molar refractivity (Wildman–Crippen MR) is 79.9 cm³/mol. The molecule has 4 atom stereocenters. The van der Waals surface area contributed by atoms with E-state index in [0.29, 0.717) is 0 Å². The van der Waals surface area contributed by atoms with Crippen LogP contribution in [0.4, 0.5) is 0 Å². The molecular formula is C14H22N4O2. The maximum Gasteiger partial charge on any atom is 0.173 e. The molecule has 0 aromatic rings. The molecule has 0 amide bonds. The van der Waals surface area contributed by atoms with Gasteiger partial charge in [0.05, 0.1) is 12.1 Å². The number of hydrogen-bond acceptors (Lipinski definition) is 6. The second-order valence-electron chi connectivity index (χ2n) is 4.60. The molecule has 0 spiro atoms. The van der Waals surface area contributed by atoms with Crippen LogP contribution < -0.4 is 22.5 Å². The van der Waals surface area contributed by atoms with Gasteiger partial charge in [0.25, 0.3) is 0 Å². The predicted octanol–water partition coefficient (Wildman–Crippen LogP) is -1.05. The molecule has 20 heavy (non-hydrogen) atoms. The maximum atomic E-state index is 9.69. The lowest BCUT2D eigenvalue weighted by Gasteiger charge is -2.30. The number of aliphatic hydroxyl groups is 2. The molecule has 0 aromatic heterocycles. The lowest BCUT2D eigenvalue weighted by atomic mass is 10.00. The fourth-order valence-electron chi connectivity index (χ4n) is 1.61. The van der Waals surface area contributed by atoms with E-state index in [2.05, 4.69) is 11.9 Å². The summed E-state index contributed by atoms with van der Waals surface area (Å²) < 4.78 is 0.